The van der Waals surface area contributed by atoms with E-state index in [0.29, 0.717) is 16.4 Å². The first-order valence-electron chi connectivity index (χ1n) is 5.90. The van der Waals surface area contributed by atoms with Gasteiger partial charge in [-0.3, -0.25) is 4.90 Å². The number of aromatic nitrogens is 2. The maximum Gasteiger partial charge on any atom is 0.401 e. The van der Waals surface area contributed by atoms with Gasteiger partial charge in [-0.1, -0.05) is 11.6 Å². The normalized spacial score (nSPS) is 12.5. The summed E-state index contributed by atoms with van der Waals surface area (Å²) in [5.74, 6) is 0. The number of alkyl halides is 3. The highest BCUT2D eigenvalue weighted by Gasteiger charge is 2.30. The van der Waals surface area contributed by atoms with E-state index in [-0.39, 0.29) is 19.7 Å². The molecule has 0 unspecified atom stereocenters. The summed E-state index contributed by atoms with van der Waals surface area (Å²) < 4.78 is 38.9. The van der Waals surface area contributed by atoms with Gasteiger partial charge in [0.2, 0.25) is 0 Å². The molecule has 0 amide bonds. The van der Waals surface area contributed by atoms with E-state index in [1.165, 1.54) is 0 Å². The quantitative estimate of drug-likeness (QED) is 0.922. The summed E-state index contributed by atoms with van der Waals surface area (Å²) in [7, 11) is 0. The number of hydrogen-bond donors (Lipinski definition) is 1. The smallest absolute Gasteiger partial charge is 0.395 e. The molecule has 2 aromatic rings. The standard InChI is InChI=1S/C12H13ClF3N3O/c13-9-1-2-11-17-10(7-19(11)5-9)6-18(3-4-20)8-12(14,15)16/h1-2,5,7,20H,3-4,6,8H2. The second-order valence-electron chi connectivity index (χ2n) is 4.39. The predicted octanol–water partition coefficient (Wildman–Crippen LogP) is 2.34. The first-order valence-corrected chi connectivity index (χ1v) is 6.28. The summed E-state index contributed by atoms with van der Waals surface area (Å²) in [6.07, 6.45) is -1.05. The summed E-state index contributed by atoms with van der Waals surface area (Å²) in [6.45, 7) is -1.47. The van der Waals surface area contributed by atoms with Crippen LogP contribution in [0.4, 0.5) is 13.2 Å². The molecule has 0 spiro atoms. The van der Waals surface area contributed by atoms with Crippen LogP contribution in [-0.4, -0.2) is 45.3 Å². The zero-order valence-corrected chi connectivity index (χ0v) is 11.2. The average Bonchev–Trinajstić information content (AvgIpc) is 2.68. The predicted molar refractivity (Wildman–Crippen MR) is 68.6 cm³/mol. The van der Waals surface area contributed by atoms with Crippen molar-refractivity contribution in [2.45, 2.75) is 12.7 Å². The number of halogens is 4. The van der Waals surface area contributed by atoms with Gasteiger partial charge in [0.1, 0.15) is 5.65 Å². The summed E-state index contributed by atoms with van der Waals surface area (Å²) >= 11 is 5.83. The van der Waals surface area contributed by atoms with Crippen LogP contribution in [0, 0.1) is 0 Å². The Morgan fingerprint density at radius 2 is 2.05 bits per heavy atom. The van der Waals surface area contributed by atoms with Crippen LogP contribution in [0.2, 0.25) is 5.02 Å². The molecule has 2 heterocycles. The molecule has 0 aliphatic carbocycles. The second kappa shape index (κ2) is 5.99. The fraction of sp³-hybridized carbons (Fsp3) is 0.417. The van der Waals surface area contributed by atoms with E-state index in [4.69, 9.17) is 16.7 Å². The Morgan fingerprint density at radius 3 is 2.70 bits per heavy atom. The van der Waals surface area contributed by atoms with Crippen molar-refractivity contribution < 1.29 is 18.3 Å². The lowest BCUT2D eigenvalue weighted by molar-refractivity contribution is -0.148. The van der Waals surface area contributed by atoms with E-state index in [1.807, 2.05) is 0 Å². The SMILES string of the molecule is OCCN(Cc1cn2cc(Cl)ccc2n1)CC(F)(F)F. The van der Waals surface area contributed by atoms with Crippen molar-refractivity contribution in [1.29, 1.82) is 0 Å². The van der Waals surface area contributed by atoms with Gasteiger partial charge in [-0.05, 0) is 12.1 Å². The van der Waals surface area contributed by atoms with E-state index in [0.717, 1.165) is 4.90 Å². The summed E-state index contributed by atoms with van der Waals surface area (Å²) in [5.41, 5.74) is 1.10. The van der Waals surface area contributed by atoms with Gasteiger partial charge in [0.25, 0.3) is 0 Å². The van der Waals surface area contributed by atoms with E-state index in [9.17, 15) is 13.2 Å². The first-order chi connectivity index (χ1) is 9.37. The lowest BCUT2D eigenvalue weighted by atomic mass is 10.4. The molecule has 1 N–H and O–H groups in total. The lowest BCUT2D eigenvalue weighted by Crippen LogP contribution is -2.35. The molecule has 0 radical (unpaired) electrons. The largest absolute Gasteiger partial charge is 0.401 e. The van der Waals surface area contributed by atoms with Gasteiger partial charge in [-0.2, -0.15) is 13.2 Å². The summed E-state index contributed by atoms with van der Waals surface area (Å²) in [4.78, 5) is 5.32. The topological polar surface area (TPSA) is 40.8 Å². The van der Waals surface area contributed by atoms with E-state index < -0.39 is 12.7 Å². The third-order valence-electron chi connectivity index (χ3n) is 2.67. The van der Waals surface area contributed by atoms with Gasteiger partial charge >= 0.3 is 6.18 Å². The number of fused-ring (bicyclic) bond motifs is 1. The van der Waals surface area contributed by atoms with Crippen molar-refractivity contribution in [3.05, 3.63) is 35.2 Å². The van der Waals surface area contributed by atoms with Crippen LogP contribution in [-0.2, 0) is 6.54 Å². The number of aliphatic hydroxyl groups excluding tert-OH is 1. The van der Waals surface area contributed by atoms with Crippen molar-refractivity contribution in [1.82, 2.24) is 14.3 Å². The van der Waals surface area contributed by atoms with Crippen molar-refractivity contribution in [2.75, 3.05) is 19.7 Å². The molecular formula is C12H13ClF3N3O. The van der Waals surface area contributed by atoms with Crippen LogP contribution in [0.25, 0.3) is 5.65 Å². The fourth-order valence-corrected chi connectivity index (χ4v) is 2.10. The Balaban J connectivity index is 2.15. The molecule has 0 aromatic carbocycles. The molecular weight excluding hydrogens is 295 g/mol. The monoisotopic (exact) mass is 307 g/mol. The number of hydrogen-bond acceptors (Lipinski definition) is 3. The van der Waals surface area contributed by atoms with Crippen molar-refractivity contribution in [3.63, 3.8) is 0 Å². The maximum atomic E-state index is 12.4. The number of aliphatic hydroxyl groups is 1. The third-order valence-corrected chi connectivity index (χ3v) is 2.89. The van der Waals surface area contributed by atoms with Crippen LogP contribution < -0.4 is 0 Å². The maximum absolute atomic E-state index is 12.4. The molecule has 110 valence electrons. The molecule has 20 heavy (non-hydrogen) atoms. The number of rotatable bonds is 5. The lowest BCUT2D eigenvalue weighted by Gasteiger charge is -2.21. The minimum atomic E-state index is -4.31. The minimum absolute atomic E-state index is 0.0133. The van der Waals surface area contributed by atoms with Crippen LogP contribution in [0.5, 0.6) is 0 Å². The molecule has 0 aliphatic heterocycles. The Bertz CT molecular complexity index is 585. The van der Waals surface area contributed by atoms with Crippen LogP contribution in [0.15, 0.2) is 24.5 Å². The third kappa shape index (κ3) is 4.09. The van der Waals surface area contributed by atoms with Crippen LogP contribution >= 0.6 is 11.6 Å². The van der Waals surface area contributed by atoms with Gasteiger partial charge in [0, 0.05) is 25.5 Å². The minimum Gasteiger partial charge on any atom is -0.395 e. The summed E-state index contributed by atoms with van der Waals surface area (Å²) in [5, 5.41) is 9.35. The van der Waals surface area contributed by atoms with Crippen molar-refractivity contribution in [2.24, 2.45) is 0 Å². The molecule has 8 heteroatoms. The molecule has 0 aliphatic rings. The van der Waals surface area contributed by atoms with E-state index >= 15 is 0 Å². The Labute approximate surface area is 118 Å². The first kappa shape index (κ1) is 15.1. The average molecular weight is 308 g/mol. The van der Waals surface area contributed by atoms with Crippen LogP contribution in [0.1, 0.15) is 5.69 Å². The van der Waals surface area contributed by atoms with Gasteiger partial charge in [-0.15, -0.1) is 0 Å². The number of nitrogens with zero attached hydrogens (tertiary/aromatic N) is 3. The van der Waals surface area contributed by atoms with Crippen LogP contribution in [0.3, 0.4) is 0 Å². The second-order valence-corrected chi connectivity index (χ2v) is 4.83. The Hall–Kier alpha value is -1.31. The number of imidazole rings is 1. The summed E-state index contributed by atoms with van der Waals surface area (Å²) in [6, 6.07) is 3.35. The highest BCUT2D eigenvalue weighted by Crippen LogP contribution is 2.18. The molecule has 0 atom stereocenters. The molecule has 0 saturated carbocycles. The zero-order chi connectivity index (χ0) is 14.8. The van der Waals surface area contributed by atoms with Crippen molar-refractivity contribution >= 4 is 17.2 Å². The Morgan fingerprint density at radius 1 is 1.30 bits per heavy atom. The Kier molecular flexibility index (Phi) is 4.52. The molecule has 2 rings (SSSR count). The molecule has 0 bridgehead atoms. The molecule has 2 aromatic heterocycles. The highest BCUT2D eigenvalue weighted by molar-refractivity contribution is 6.30. The van der Waals surface area contributed by atoms with Gasteiger partial charge in [0.15, 0.2) is 0 Å². The molecule has 4 nitrogen and oxygen atoms in total. The van der Waals surface area contributed by atoms with Gasteiger partial charge in [-0.25, -0.2) is 4.98 Å². The van der Waals surface area contributed by atoms with Crippen molar-refractivity contribution in [3.8, 4) is 0 Å². The highest BCUT2D eigenvalue weighted by atomic mass is 35.5. The zero-order valence-electron chi connectivity index (χ0n) is 10.4. The van der Waals surface area contributed by atoms with Gasteiger partial charge in [0.05, 0.1) is 23.9 Å². The molecule has 0 fully saturated rings. The molecule has 0 saturated heterocycles. The van der Waals surface area contributed by atoms with E-state index in [1.54, 1.807) is 28.9 Å². The van der Waals surface area contributed by atoms with E-state index in [2.05, 4.69) is 4.98 Å². The van der Waals surface area contributed by atoms with Gasteiger partial charge < -0.3 is 9.51 Å². The number of pyridine rings is 1. The fourth-order valence-electron chi connectivity index (χ4n) is 1.93.